The summed E-state index contributed by atoms with van der Waals surface area (Å²) >= 11 is 6.14. The zero-order chi connectivity index (χ0) is 20.2. The van der Waals surface area contributed by atoms with Gasteiger partial charge in [-0.2, -0.15) is 5.26 Å². The van der Waals surface area contributed by atoms with Crippen LogP contribution in [-0.2, 0) is 16.7 Å². The number of ether oxygens (including phenoxy) is 2. The number of halogens is 1. The van der Waals surface area contributed by atoms with Crippen molar-refractivity contribution in [3.8, 4) is 11.8 Å². The van der Waals surface area contributed by atoms with Crippen molar-refractivity contribution < 1.29 is 14.3 Å². The lowest BCUT2D eigenvalue weighted by Crippen LogP contribution is -2.44. The maximum Gasteiger partial charge on any atom is 0.283 e. The van der Waals surface area contributed by atoms with E-state index in [1.165, 1.54) is 12.3 Å². The van der Waals surface area contributed by atoms with Crippen LogP contribution in [0.25, 0.3) is 0 Å². The van der Waals surface area contributed by atoms with Crippen LogP contribution in [0.4, 0.5) is 0 Å². The first-order valence-corrected chi connectivity index (χ1v) is 9.67. The lowest BCUT2D eigenvalue weighted by atomic mass is 9.74. The zero-order valence-electron chi connectivity index (χ0n) is 15.4. The average Bonchev–Trinajstić information content (AvgIpc) is 3.40. The maximum atomic E-state index is 12.8. The van der Waals surface area contributed by atoms with Gasteiger partial charge in [-0.05, 0) is 36.6 Å². The topological polar surface area (TPSA) is 111 Å². The van der Waals surface area contributed by atoms with Gasteiger partial charge in [-0.15, -0.1) is 0 Å². The molecule has 1 aromatic heterocycles. The highest BCUT2D eigenvalue weighted by Gasteiger charge is 2.66. The van der Waals surface area contributed by atoms with Crippen LogP contribution in [0.3, 0.4) is 0 Å². The van der Waals surface area contributed by atoms with Crippen molar-refractivity contribution in [2.24, 2.45) is 16.1 Å². The van der Waals surface area contributed by atoms with E-state index in [4.69, 9.17) is 37.1 Å². The van der Waals surface area contributed by atoms with Crippen LogP contribution in [-0.4, -0.2) is 30.0 Å². The molecule has 29 heavy (non-hydrogen) atoms. The van der Waals surface area contributed by atoms with Crippen molar-refractivity contribution >= 4 is 23.4 Å². The number of carbonyl (C=O) groups is 1. The monoisotopic (exact) mass is 408 g/mol. The highest BCUT2D eigenvalue weighted by molar-refractivity contribution is 6.33. The van der Waals surface area contributed by atoms with Gasteiger partial charge >= 0.3 is 0 Å². The Morgan fingerprint density at radius 2 is 2.10 bits per heavy atom. The van der Waals surface area contributed by atoms with Crippen LogP contribution in [0.15, 0.2) is 35.5 Å². The van der Waals surface area contributed by atoms with Crippen LogP contribution in [0.1, 0.15) is 40.0 Å². The van der Waals surface area contributed by atoms with Crippen LogP contribution < -0.4 is 10.5 Å². The van der Waals surface area contributed by atoms with Gasteiger partial charge in [0.15, 0.2) is 5.78 Å². The summed E-state index contributed by atoms with van der Waals surface area (Å²) in [5, 5.41) is 9.10. The van der Waals surface area contributed by atoms with Crippen LogP contribution in [0, 0.1) is 16.7 Å². The Morgan fingerprint density at radius 1 is 1.28 bits per heavy atom. The standard InChI is InChI=1S/C21H17ClN4O3/c22-15-6-13(8-23)9-25-18(15)16(27)7-12-1-2-17-14(5-12)21(11-29-19(24)26-21)20(3-4-20)10-28-17/h1-2,5-6,9H,3-4,7,10-11H2,(H2,24,26). The molecule has 7 nitrogen and oxygen atoms in total. The third-order valence-corrected chi connectivity index (χ3v) is 6.34. The Kier molecular flexibility index (Phi) is 3.83. The maximum absolute atomic E-state index is 12.8. The van der Waals surface area contributed by atoms with E-state index < -0.39 is 5.54 Å². The summed E-state index contributed by atoms with van der Waals surface area (Å²) in [6.45, 7) is 0.971. The lowest BCUT2D eigenvalue weighted by Gasteiger charge is -2.39. The fourth-order valence-electron chi connectivity index (χ4n) is 4.28. The summed E-state index contributed by atoms with van der Waals surface area (Å²) in [7, 11) is 0. The molecule has 0 saturated heterocycles. The number of pyridine rings is 1. The van der Waals surface area contributed by atoms with Gasteiger partial charge in [0.25, 0.3) is 6.02 Å². The molecular formula is C21H17ClN4O3. The molecule has 1 saturated carbocycles. The summed E-state index contributed by atoms with van der Waals surface area (Å²) < 4.78 is 11.6. The Bertz CT molecular complexity index is 1120. The molecule has 5 rings (SSSR count). The van der Waals surface area contributed by atoms with E-state index in [0.29, 0.717) is 18.8 Å². The van der Waals surface area contributed by atoms with Crippen LogP contribution >= 0.6 is 11.6 Å². The summed E-state index contributed by atoms with van der Waals surface area (Å²) in [6.07, 6.45) is 3.47. The number of hydrogen-bond donors (Lipinski definition) is 1. The molecule has 0 bridgehead atoms. The molecule has 2 aromatic rings. The van der Waals surface area contributed by atoms with Crippen molar-refractivity contribution in [1.82, 2.24) is 4.98 Å². The van der Waals surface area contributed by atoms with E-state index >= 15 is 0 Å². The number of amidine groups is 1. The van der Waals surface area contributed by atoms with Gasteiger partial charge < -0.3 is 15.2 Å². The average molecular weight is 409 g/mol. The number of benzene rings is 1. The number of nitrogens with zero attached hydrogens (tertiary/aromatic N) is 3. The first-order valence-electron chi connectivity index (χ1n) is 9.30. The highest BCUT2D eigenvalue weighted by atomic mass is 35.5. The Morgan fingerprint density at radius 3 is 2.76 bits per heavy atom. The second-order valence-corrected chi connectivity index (χ2v) is 8.17. The van der Waals surface area contributed by atoms with Crippen LogP contribution in [0.5, 0.6) is 5.75 Å². The van der Waals surface area contributed by atoms with E-state index in [2.05, 4.69) is 4.98 Å². The molecule has 3 aliphatic rings. The first-order chi connectivity index (χ1) is 14.0. The fourth-order valence-corrected chi connectivity index (χ4v) is 4.55. The lowest BCUT2D eigenvalue weighted by molar-refractivity contribution is 0.0869. The van der Waals surface area contributed by atoms with Gasteiger partial charge in [0.05, 0.1) is 17.2 Å². The number of aliphatic imine (C=N–C) groups is 1. The number of rotatable bonds is 3. The third-order valence-electron chi connectivity index (χ3n) is 6.05. The molecule has 0 amide bonds. The van der Waals surface area contributed by atoms with Gasteiger partial charge in [0.1, 0.15) is 29.7 Å². The van der Waals surface area contributed by atoms with E-state index in [0.717, 1.165) is 29.7 Å². The summed E-state index contributed by atoms with van der Waals surface area (Å²) in [6, 6.07) is 9.27. The van der Waals surface area contributed by atoms with Gasteiger partial charge in [0, 0.05) is 23.6 Å². The summed E-state index contributed by atoms with van der Waals surface area (Å²) in [5.74, 6) is 0.521. The number of aromatic nitrogens is 1. The Balaban J connectivity index is 1.49. The molecule has 3 heterocycles. The molecule has 2 aliphatic heterocycles. The molecule has 1 atom stereocenters. The minimum Gasteiger partial charge on any atom is -0.493 e. The number of ketones is 1. The number of carbonyl (C=O) groups excluding carboxylic acids is 1. The van der Waals surface area contributed by atoms with E-state index in [1.807, 2.05) is 24.3 Å². The molecule has 1 fully saturated rings. The Hall–Kier alpha value is -3.11. The number of hydrogen-bond acceptors (Lipinski definition) is 7. The second-order valence-electron chi connectivity index (χ2n) is 7.76. The number of fused-ring (bicyclic) bond motifs is 3. The molecule has 1 aromatic carbocycles. The number of nitriles is 1. The minimum atomic E-state index is -0.561. The smallest absolute Gasteiger partial charge is 0.283 e. The SMILES string of the molecule is N#Cc1cnc(C(=O)Cc2ccc3c(c2)C2(COC(N)=N2)C2(CC2)CO3)c(Cl)c1. The Labute approximate surface area is 172 Å². The summed E-state index contributed by atoms with van der Waals surface area (Å²) in [5.41, 5.74) is 7.39. The van der Waals surface area contributed by atoms with E-state index in [1.54, 1.807) is 0 Å². The predicted octanol–water partition coefficient (Wildman–Crippen LogP) is 2.74. The molecule has 8 heteroatoms. The molecule has 1 unspecified atom stereocenters. The molecule has 0 radical (unpaired) electrons. The van der Waals surface area contributed by atoms with Crippen LogP contribution in [0.2, 0.25) is 5.02 Å². The number of nitrogens with two attached hydrogens (primary N) is 1. The fraction of sp³-hybridized carbons (Fsp3) is 0.333. The molecule has 2 spiro atoms. The van der Waals surface area contributed by atoms with Gasteiger partial charge in [-0.3, -0.25) is 9.78 Å². The van der Waals surface area contributed by atoms with E-state index in [-0.39, 0.29) is 34.4 Å². The third kappa shape index (κ3) is 2.67. The molecular weight excluding hydrogens is 392 g/mol. The first kappa shape index (κ1) is 18.0. The van der Waals surface area contributed by atoms with Crippen molar-refractivity contribution in [1.29, 1.82) is 5.26 Å². The molecule has 146 valence electrons. The van der Waals surface area contributed by atoms with Gasteiger partial charge in [-0.25, -0.2) is 4.99 Å². The van der Waals surface area contributed by atoms with E-state index in [9.17, 15) is 4.79 Å². The predicted molar refractivity (Wildman–Crippen MR) is 105 cm³/mol. The van der Waals surface area contributed by atoms with Gasteiger partial charge in [-0.1, -0.05) is 17.7 Å². The number of Topliss-reactive ketones (excluding diaryl/α,β-unsaturated/α-hetero) is 1. The van der Waals surface area contributed by atoms with Crippen molar-refractivity contribution in [2.45, 2.75) is 24.8 Å². The van der Waals surface area contributed by atoms with Crippen molar-refractivity contribution in [3.05, 3.63) is 57.9 Å². The minimum absolute atomic E-state index is 0.0955. The second kappa shape index (κ2) is 6.19. The largest absolute Gasteiger partial charge is 0.493 e. The van der Waals surface area contributed by atoms with Crippen molar-refractivity contribution in [3.63, 3.8) is 0 Å². The molecule has 2 N–H and O–H groups in total. The quantitative estimate of drug-likeness (QED) is 0.782. The highest BCUT2D eigenvalue weighted by Crippen LogP contribution is 2.65. The van der Waals surface area contributed by atoms with Gasteiger partial charge in [0.2, 0.25) is 0 Å². The summed E-state index contributed by atoms with van der Waals surface area (Å²) in [4.78, 5) is 21.5. The van der Waals surface area contributed by atoms with Crippen molar-refractivity contribution in [2.75, 3.05) is 13.2 Å². The zero-order valence-corrected chi connectivity index (χ0v) is 16.2. The molecule has 1 aliphatic carbocycles. The normalized spacial score (nSPS) is 23.0.